The summed E-state index contributed by atoms with van der Waals surface area (Å²) in [5.41, 5.74) is 0.246. The standard InChI is InChI=1S/C20H13Br2FN2O4/c1-2-6-29-17-15(21)8-11(9-16(17)22)7-14-18(26)24-20(28)25(19(14)27)13-5-3-4-12(23)10-13/h2-5,7-10H,1,6H2,(H,24,26,28)/b14-7-. The van der Waals surface area contributed by atoms with E-state index >= 15 is 0 Å². The summed E-state index contributed by atoms with van der Waals surface area (Å²) in [4.78, 5) is 38.0. The lowest BCUT2D eigenvalue weighted by atomic mass is 10.1. The zero-order valence-corrected chi connectivity index (χ0v) is 17.9. The molecule has 29 heavy (non-hydrogen) atoms. The number of ether oxygens (including phenoxy) is 1. The largest absolute Gasteiger partial charge is 0.487 e. The lowest BCUT2D eigenvalue weighted by Gasteiger charge is -2.26. The van der Waals surface area contributed by atoms with Gasteiger partial charge in [0.05, 0.1) is 14.6 Å². The number of amides is 4. The van der Waals surface area contributed by atoms with Crippen molar-refractivity contribution in [1.29, 1.82) is 0 Å². The topological polar surface area (TPSA) is 75.7 Å². The Bertz CT molecular complexity index is 1050. The van der Waals surface area contributed by atoms with Gasteiger partial charge in [-0.25, -0.2) is 14.1 Å². The van der Waals surface area contributed by atoms with Crippen LogP contribution in [0.25, 0.3) is 6.08 Å². The number of rotatable bonds is 5. The summed E-state index contributed by atoms with van der Waals surface area (Å²) >= 11 is 6.76. The van der Waals surface area contributed by atoms with Crippen molar-refractivity contribution < 1.29 is 23.5 Å². The quantitative estimate of drug-likeness (QED) is 0.353. The SMILES string of the molecule is C=CCOc1c(Br)cc(/C=C2/C(=O)NC(=O)N(c3cccc(F)c3)C2=O)cc1Br. The van der Waals surface area contributed by atoms with Crippen molar-refractivity contribution in [2.75, 3.05) is 11.5 Å². The van der Waals surface area contributed by atoms with Gasteiger partial charge >= 0.3 is 6.03 Å². The number of halogens is 3. The summed E-state index contributed by atoms with van der Waals surface area (Å²) in [5.74, 6) is -1.79. The third-order valence-corrected chi connectivity index (χ3v) is 5.02. The van der Waals surface area contributed by atoms with Crippen LogP contribution in [0, 0.1) is 5.82 Å². The highest BCUT2D eigenvalue weighted by Gasteiger charge is 2.37. The molecule has 4 amide bonds. The molecule has 148 valence electrons. The summed E-state index contributed by atoms with van der Waals surface area (Å²) in [7, 11) is 0. The summed E-state index contributed by atoms with van der Waals surface area (Å²) in [6, 6.07) is 7.33. The van der Waals surface area contributed by atoms with Crippen LogP contribution in [-0.4, -0.2) is 24.5 Å². The number of carbonyl (C=O) groups is 3. The maximum absolute atomic E-state index is 13.5. The number of carbonyl (C=O) groups excluding carboxylic acids is 3. The predicted molar refractivity (Wildman–Crippen MR) is 113 cm³/mol. The minimum absolute atomic E-state index is 0.0152. The molecule has 1 aliphatic rings. The van der Waals surface area contributed by atoms with E-state index in [1.165, 1.54) is 24.3 Å². The Labute approximate surface area is 182 Å². The van der Waals surface area contributed by atoms with Crippen molar-refractivity contribution in [3.05, 3.63) is 75.0 Å². The molecule has 0 spiro atoms. The Balaban J connectivity index is 1.99. The molecule has 1 saturated heterocycles. The van der Waals surface area contributed by atoms with Crippen molar-refractivity contribution in [1.82, 2.24) is 5.32 Å². The van der Waals surface area contributed by atoms with Crippen LogP contribution in [0.2, 0.25) is 0 Å². The number of anilines is 1. The molecule has 0 aromatic heterocycles. The Morgan fingerprint density at radius 2 is 1.83 bits per heavy atom. The van der Waals surface area contributed by atoms with Crippen LogP contribution >= 0.6 is 31.9 Å². The molecule has 9 heteroatoms. The number of barbiturate groups is 1. The van der Waals surface area contributed by atoms with Crippen LogP contribution < -0.4 is 15.0 Å². The molecule has 2 aromatic rings. The lowest BCUT2D eigenvalue weighted by Crippen LogP contribution is -2.54. The molecule has 1 fully saturated rings. The van der Waals surface area contributed by atoms with Crippen molar-refractivity contribution in [2.24, 2.45) is 0 Å². The van der Waals surface area contributed by atoms with Crippen LogP contribution in [0.15, 0.2) is 63.6 Å². The van der Waals surface area contributed by atoms with Gasteiger partial charge in [-0.3, -0.25) is 14.9 Å². The van der Waals surface area contributed by atoms with Crippen LogP contribution in [0.3, 0.4) is 0 Å². The molecule has 1 aliphatic heterocycles. The van der Waals surface area contributed by atoms with E-state index in [2.05, 4.69) is 43.8 Å². The highest BCUT2D eigenvalue weighted by molar-refractivity contribution is 9.11. The van der Waals surface area contributed by atoms with Gasteiger partial charge in [-0.05, 0) is 73.8 Å². The number of benzene rings is 2. The first-order valence-corrected chi connectivity index (χ1v) is 9.80. The van der Waals surface area contributed by atoms with Gasteiger partial charge in [0.1, 0.15) is 23.7 Å². The van der Waals surface area contributed by atoms with Gasteiger partial charge in [0.2, 0.25) is 0 Å². The third-order valence-electron chi connectivity index (χ3n) is 3.85. The van der Waals surface area contributed by atoms with E-state index in [4.69, 9.17) is 4.74 Å². The normalized spacial score (nSPS) is 15.5. The number of urea groups is 1. The fourth-order valence-corrected chi connectivity index (χ4v) is 4.07. The average Bonchev–Trinajstić information content (AvgIpc) is 2.64. The minimum atomic E-state index is -0.946. The summed E-state index contributed by atoms with van der Waals surface area (Å²) in [6.45, 7) is 3.88. The third kappa shape index (κ3) is 4.46. The lowest BCUT2D eigenvalue weighted by molar-refractivity contribution is -0.122. The van der Waals surface area contributed by atoms with Crippen molar-refractivity contribution in [3.8, 4) is 5.75 Å². The Morgan fingerprint density at radius 3 is 2.45 bits per heavy atom. The monoisotopic (exact) mass is 522 g/mol. The van der Waals surface area contributed by atoms with E-state index in [0.717, 1.165) is 6.07 Å². The van der Waals surface area contributed by atoms with Crippen LogP contribution in [0.1, 0.15) is 5.56 Å². The molecule has 1 heterocycles. The number of imide groups is 2. The summed E-state index contributed by atoms with van der Waals surface area (Å²) in [6.07, 6.45) is 2.93. The van der Waals surface area contributed by atoms with Crippen LogP contribution in [-0.2, 0) is 9.59 Å². The van der Waals surface area contributed by atoms with Gasteiger partial charge in [0.25, 0.3) is 11.8 Å². The van der Waals surface area contributed by atoms with Gasteiger partial charge in [0, 0.05) is 0 Å². The molecule has 0 unspecified atom stereocenters. The first-order chi connectivity index (χ1) is 13.8. The molecule has 0 bridgehead atoms. The molecule has 1 N–H and O–H groups in total. The number of hydrogen-bond donors (Lipinski definition) is 1. The van der Waals surface area contributed by atoms with Gasteiger partial charge < -0.3 is 4.74 Å². The summed E-state index contributed by atoms with van der Waals surface area (Å²) < 4.78 is 20.2. The second kappa shape index (κ2) is 8.71. The van der Waals surface area contributed by atoms with E-state index in [1.54, 1.807) is 18.2 Å². The molecular formula is C20H13Br2FN2O4. The molecule has 6 nitrogen and oxygen atoms in total. The highest BCUT2D eigenvalue weighted by Crippen LogP contribution is 2.35. The van der Waals surface area contributed by atoms with E-state index in [-0.39, 0.29) is 11.3 Å². The average molecular weight is 524 g/mol. The first-order valence-electron chi connectivity index (χ1n) is 8.21. The van der Waals surface area contributed by atoms with Crippen LogP contribution in [0.4, 0.5) is 14.9 Å². The Morgan fingerprint density at radius 1 is 1.14 bits per heavy atom. The number of nitrogens with zero attached hydrogens (tertiary/aromatic N) is 1. The fourth-order valence-electron chi connectivity index (χ4n) is 2.62. The highest BCUT2D eigenvalue weighted by atomic mass is 79.9. The van der Waals surface area contributed by atoms with E-state index in [9.17, 15) is 18.8 Å². The number of nitrogens with one attached hydrogen (secondary N) is 1. The first kappa shape index (κ1) is 20.9. The van der Waals surface area contributed by atoms with Crippen molar-refractivity contribution >= 4 is 61.5 Å². The smallest absolute Gasteiger partial charge is 0.335 e. The van der Waals surface area contributed by atoms with Gasteiger partial charge in [-0.1, -0.05) is 18.7 Å². The molecule has 2 aromatic carbocycles. The van der Waals surface area contributed by atoms with Gasteiger partial charge in [-0.2, -0.15) is 0 Å². The predicted octanol–water partition coefficient (Wildman–Crippen LogP) is 4.58. The maximum atomic E-state index is 13.5. The molecular weight excluding hydrogens is 511 g/mol. The fraction of sp³-hybridized carbons (Fsp3) is 0.0500. The Kier molecular flexibility index (Phi) is 6.29. The zero-order chi connectivity index (χ0) is 21.1. The van der Waals surface area contributed by atoms with E-state index in [1.807, 2.05) is 0 Å². The molecule has 3 rings (SSSR count). The van der Waals surface area contributed by atoms with Crippen LogP contribution in [0.5, 0.6) is 5.75 Å². The second-order valence-electron chi connectivity index (χ2n) is 5.85. The number of hydrogen-bond acceptors (Lipinski definition) is 4. The van der Waals surface area contributed by atoms with E-state index < -0.39 is 23.7 Å². The zero-order valence-electron chi connectivity index (χ0n) is 14.7. The molecule has 0 atom stereocenters. The molecule has 0 radical (unpaired) electrons. The van der Waals surface area contributed by atoms with Gasteiger partial charge in [0.15, 0.2) is 0 Å². The minimum Gasteiger partial charge on any atom is -0.487 e. The van der Waals surface area contributed by atoms with Crippen molar-refractivity contribution in [3.63, 3.8) is 0 Å². The molecule has 0 saturated carbocycles. The maximum Gasteiger partial charge on any atom is 0.335 e. The summed E-state index contributed by atoms with van der Waals surface area (Å²) in [5, 5.41) is 2.09. The van der Waals surface area contributed by atoms with Crippen molar-refractivity contribution in [2.45, 2.75) is 0 Å². The Hall–Kier alpha value is -2.78. The second-order valence-corrected chi connectivity index (χ2v) is 7.56. The van der Waals surface area contributed by atoms with E-state index in [0.29, 0.717) is 31.8 Å². The van der Waals surface area contributed by atoms with Gasteiger partial charge in [-0.15, -0.1) is 0 Å². The molecule has 0 aliphatic carbocycles.